The molecule has 1 saturated heterocycles. The Bertz CT molecular complexity index is 352. The zero-order valence-electron chi connectivity index (χ0n) is 8.94. The number of methoxy groups -OCH3 is 1. The van der Waals surface area contributed by atoms with Crippen molar-refractivity contribution in [2.75, 3.05) is 27.1 Å². The third kappa shape index (κ3) is 3.27. The fourth-order valence-corrected chi connectivity index (χ4v) is 1.39. The molecule has 0 aliphatic carbocycles. The molecule has 1 unspecified atom stereocenters. The maximum Gasteiger partial charge on any atom is 0.188 e. The molecule has 0 radical (unpaired) electrons. The van der Waals surface area contributed by atoms with Crippen molar-refractivity contribution in [2.45, 2.75) is 6.10 Å². The molecule has 1 atom stereocenters. The van der Waals surface area contributed by atoms with E-state index >= 15 is 0 Å². The van der Waals surface area contributed by atoms with Crippen LogP contribution in [0.2, 0.25) is 5.02 Å². The highest BCUT2D eigenvalue weighted by molar-refractivity contribution is 6.32. The Hall–Kier alpha value is -0.970. The number of benzene rings is 1. The molecule has 1 aliphatic rings. The fourth-order valence-electron chi connectivity index (χ4n) is 1.16. The first-order valence-corrected chi connectivity index (χ1v) is 5.33. The molecule has 0 aromatic heterocycles. The van der Waals surface area contributed by atoms with Gasteiger partial charge in [-0.25, -0.2) is 0 Å². The first-order valence-electron chi connectivity index (χ1n) is 4.95. The van der Waals surface area contributed by atoms with Gasteiger partial charge in [0.2, 0.25) is 0 Å². The third-order valence-corrected chi connectivity index (χ3v) is 2.37. The molecule has 1 aromatic carbocycles. The third-order valence-electron chi connectivity index (χ3n) is 2.07. The lowest BCUT2D eigenvalue weighted by Gasteiger charge is -2.09. The van der Waals surface area contributed by atoms with Gasteiger partial charge in [-0.2, -0.15) is 0 Å². The summed E-state index contributed by atoms with van der Waals surface area (Å²) in [6.45, 7) is 1.51. The van der Waals surface area contributed by atoms with Crippen LogP contribution in [0.4, 0.5) is 0 Å². The standard InChI is InChI=1S/C11H13ClO4/c1-13-7-16-8-2-3-11(10(12)4-8)15-6-9-5-14-9/h2-4,9H,5-7H2,1H3. The molecule has 1 aromatic rings. The van der Waals surface area contributed by atoms with Gasteiger partial charge in [0.25, 0.3) is 0 Å². The van der Waals surface area contributed by atoms with Crippen LogP contribution in [0.3, 0.4) is 0 Å². The summed E-state index contributed by atoms with van der Waals surface area (Å²) < 4.78 is 20.5. The fraction of sp³-hybridized carbons (Fsp3) is 0.455. The highest BCUT2D eigenvalue weighted by atomic mass is 35.5. The van der Waals surface area contributed by atoms with Crippen molar-refractivity contribution in [3.8, 4) is 11.5 Å². The number of halogens is 1. The van der Waals surface area contributed by atoms with Crippen LogP contribution in [0, 0.1) is 0 Å². The van der Waals surface area contributed by atoms with Crippen LogP contribution in [0.15, 0.2) is 18.2 Å². The van der Waals surface area contributed by atoms with Crippen molar-refractivity contribution in [1.82, 2.24) is 0 Å². The Morgan fingerprint density at radius 2 is 2.25 bits per heavy atom. The highest BCUT2D eigenvalue weighted by Crippen LogP contribution is 2.29. The van der Waals surface area contributed by atoms with E-state index in [0.29, 0.717) is 23.1 Å². The summed E-state index contributed by atoms with van der Waals surface area (Å²) in [5, 5.41) is 0.522. The van der Waals surface area contributed by atoms with E-state index in [1.165, 1.54) is 0 Å². The zero-order chi connectivity index (χ0) is 11.4. The molecule has 0 saturated carbocycles. The van der Waals surface area contributed by atoms with Crippen LogP contribution >= 0.6 is 11.6 Å². The minimum absolute atomic E-state index is 0.201. The van der Waals surface area contributed by atoms with E-state index in [1.54, 1.807) is 25.3 Å². The summed E-state index contributed by atoms with van der Waals surface area (Å²) in [6, 6.07) is 5.26. The second kappa shape index (κ2) is 5.39. The van der Waals surface area contributed by atoms with Gasteiger partial charge < -0.3 is 18.9 Å². The summed E-state index contributed by atoms with van der Waals surface area (Å²) in [5.41, 5.74) is 0. The van der Waals surface area contributed by atoms with Crippen LogP contribution in [0.5, 0.6) is 11.5 Å². The molecule has 0 amide bonds. The summed E-state index contributed by atoms with van der Waals surface area (Å²) in [6.07, 6.45) is 0.223. The maximum absolute atomic E-state index is 6.03. The van der Waals surface area contributed by atoms with Crippen LogP contribution < -0.4 is 9.47 Å². The molecule has 1 aliphatic heterocycles. The van der Waals surface area contributed by atoms with Crippen LogP contribution in [-0.4, -0.2) is 33.2 Å². The Labute approximate surface area is 99.0 Å². The summed E-state index contributed by atoms with van der Waals surface area (Å²) in [4.78, 5) is 0. The predicted molar refractivity (Wildman–Crippen MR) is 59.2 cm³/mol. The molecule has 1 heterocycles. The number of hydrogen-bond donors (Lipinski definition) is 0. The highest BCUT2D eigenvalue weighted by Gasteiger charge is 2.23. The van der Waals surface area contributed by atoms with Crippen LogP contribution in [0.1, 0.15) is 0 Å². The first kappa shape index (κ1) is 11.5. The van der Waals surface area contributed by atoms with Crippen molar-refractivity contribution in [1.29, 1.82) is 0 Å². The predicted octanol–water partition coefficient (Wildman–Crippen LogP) is 2.10. The Morgan fingerprint density at radius 1 is 1.44 bits per heavy atom. The SMILES string of the molecule is COCOc1ccc(OCC2CO2)c(Cl)c1. The number of rotatable bonds is 6. The van der Waals surface area contributed by atoms with E-state index < -0.39 is 0 Å². The average molecular weight is 245 g/mol. The van der Waals surface area contributed by atoms with Gasteiger partial charge >= 0.3 is 0 Å². The van der Waals surface area contributed by atoms with Crippen LogP contribution in [-0.2, 0) is 9.47 Å². The Morgan fingerprint density at radius 3 is 2.88 bits per heavy atom. The van der Waals surface area contributed by atoms with Gasteiger partial charge in [0.15, 0.2) is 6.79 Å². The average Bonchev–Trinajstić information content (AvgIpc) is 3.09. The number of ether oxygens (including phenoxy) is 4. The molecule has 4 nitrogen and oxygen atoms in total. The molecule has 1 fully saturated rings. The number of hydrogen-bond acceptors (Lipinski definition) is 4. The summed E-state index contributed by atoms with van der Waals surface area (Å²) in [5.74, 6) is 1.30. The van der Waals surface area contributed by atoms with Gasteiger partial charge in [0, 0.05) is 13.2 Å². The largest absolute Gasteiger partial charge is 0.489 e. The van der Waals surface area contributed by atoms with E-state index in [9.17, 15) is 0 Å². The first-order chi connectivity index (χ1) is 7.79. The van der Waals surface area contributed by atoms with Crippen molar-refractivity contribution < 1.29 is 18.9 Å². The molecule has 0 spiro atoms. The van der Waals surface area contributed by atoms with Gasteiger partial charge in [-0.3, -0.25) is 0 Å². The van der Waals surface area contributed by atoms with E-state index in [-0.39, 0.29) is 12.9 Å². The molecule has 0 N–H and O–H groups in total. The van der Waals surface area contributed by atoms with E-state index in [2.05, 4.69) is 0 Å². The monoisotopic (exact) mass is 244 g/mol. The van der Waals surface area contributed by atoms with Gasteiger partial charge in [-0.05, 0) is 12.1 Å². The number of epoxide rings is 1. The second-order valence-corrected chi connectivity index (χ2v) is 3.82. The topological polar surface area (TPSA) is 40.2 Å². The molecule has 0 bridgehead atoms. The van der Waals surface area contributed by atoms with Crippen molar-refractivity contribution >= 4 is 11.6 Å². The van der Waals surface area contributed by atoms with E-state index in [0.717, 1.165) is 6.61 Å². The quantitative estimate of drug-likeness (QED) is 0.568. The summed E-state index contributed by atoms with van der Waals surface area (Å²) >= 11 is 6.03. The minimum Gasteiger partial charge on any atom is -0.489 e. The lowest BCUT2D eigenvalue weighted by atomic mass is 10.3. The summed E-state index contributed by atoms with van der Waals surface area (Å²) in [7, 11) is 1.56. The Balaban J connectivity index is 1.92. The molecule has 88 valence electrons. The van der Waals surface area contributed by atoms with E-state index in [1.807, 2.05) is 0 Å². The normalized spacial score (nSPS) is 18.2. The lowest BCUT2D eigenvalue weighted by Crippen LogP contribution is -2.04. The van der Waals surface area contributed by atoms with Gasteiger partial charge in [0.1, 0.15) is 24.2 Å². The zero-order valence-corrected chi connectivity index (χ0v) is 9.70. The van der Waals surface area contributed by atoms with Gasteiger partial charge in [-0.1, -0.05) is 11.6 Å². The molecular weight excluding hydrogens is 232 g/mol. The van der Waals surface area contributed by atoms with Gasteiger partial charge in [-0.15, -0.1) is 0 Å². The van der Waals surface area contributed by atoms with Crippen molar-refractivity contribution in [3.05, 3.63) is 23.2 Å². The maximum atomic E-state index is 6.03. The molecule has 2 rings (SSSR count). The molecule has 16 heavy (non-hydrogen) atoms. The second-order valence-electron chi connectivity index (χ2n) is 3.41. The minimum atomic E-state index is 0.201. The lowest BCUT2D eigenvalue weighted by molar-refractivity contribution is 0.0511. The molecular formula is C11H13ClO4. The van der Waals surface area contributed by atoms with Crippen LogP contribution in [0.25, 0.3) is 0 Å². The molecule has 5 heteroatoms. The Kier molecular flexibility index (Phi) is 3.88. The van der Waals surface area contributed by atoms with Crippen molar-refractivity contribution in [2.24, 2.45) is 0 Å². The van der Waals surface area contributed by atoms with E-state index in [4.69, 9.17) is 30.5 Å². The smallest absolute Gasteiger partial charge is 0.188 e. The van der Waals surface area contributed by atoms with Crippen molar-refractivity contribution in [3.63, 3.8) is 0 Å². The van der Waals surface area contributed by atoms with Gasteiger partial charge in [0.05, 0.1) is 11.6 Å².